The smallest absolute Gasteiger partial charge is 0.255 e. The molecule has 0 radical (unpaired) electrons. The van der Waals surface area contributed by atoms with Gasteiger partial charge in [0.05, 0.1) is 10.9 Å². The van der Waals surface area contributed by atoms with Crippen molar-refractivity contribution < 1.29 is 14.3 Å². The van der Waals surface area contributed by atoms with Crippen LogP contribution in [-0.2, 0) is 11.2 Å². The monoisotopic (exact) mass is 258 g/mol. The van der Waals surface area contributed by atoms with Crippen LogP contribution in [0.1, 0.15) is 28.9 Å². The quantitative estimate of drug-likeness (QED) is 0.875. The van der Waals surface area contributed by atoms with Crippen molar-refractivity contribution in [1.29, 1.82) is 0 Å². The fourth-order valence-electron chi connectivity index (χ4n) is 2.58. The van der Waals surface area contributed by atoms with Crippen LogP contribution in [0.4, 0.5) is 0 Å². The van der Waals surface area contributed by atoms with Gasteiger partial charge in [0, 0.05) is 17.7 Å². The summed E-state index contributed by atoms with van der Waals surface area (Å²) in [7, 11) is 0. The molecule has 3 rings (SSSR count). The molecule has 1 aromatic heterocycles. The Morgan fingerprint density at radius 1 is 1.37 bits per heavy atom. The highest BCUT2D eigenvalue weighted by Crippen LogP contribution is 2.35. The molecule has 1 amide bonds. The summed E-state index contributed by atoms with van der Waals surface area (Å²) in [6.45, 7) is -0.187. The highest BCUT2D eigenvalue weighted by atomic mass is 16.5. The largest absolute Gasteiger partial charge is 0.483 e. The predicted molar refractivity (Wildman–Crippen MR) is 70.3 cm³/mol. The van der Waals surface area contributed by atoms with E-state index in [1.165, 1.54) is 0 Å². The van der Waals surface area contributed by atoms with E-state index < -0.39 is 5.91 Å². The maximum atomic E-state index is 12.1. The first-order chi connectivity index (χ1) is 9.16. The molecule has 3 N–H and O–H groups in total. The number of primary amides is 1. The van der Waals surface area contributed by atoms with E-state index in [0.717, 1.165) is 29.4 Å². The number of carbonyl (C=O) groups excluding carboxylic acids is 2. The zero-order valence-electron chi connectivity index (χ0n) is 10.4. The van der Waals surface area contributed by atoms with Gasteiger partial charge in [0.15, 0.2) is 12.4 Å². The van der Waals surface area contributed by atoms with Gasteiger partial charge in [0.2, 0.25) is 0 Å². The van der Waals surface area contributed by atoms with Gasteiger partial charge in [-0.3, -0.25) is 9.59 Å². The third kappa shape index (κ3) is 1.97. The number of aromatic amines is 1. The Hall–Kier alpha value is -2.30. The lowest BCUT2D eigenvalue weighted by atomic mass is 9.94. The number of hydrogen-bond donors (Lipinski definition) is 2. The van der Waals surface area contributed by atoms with Gasteiger partial charge in [-0.25, -0.2) is 0 Å². The summed E-state index contributed by atoms with van der Waals surface area (Å²) in [4.78, 5) is 26.2. The topological polar surface area (TPSA) is 85.2 Å². The van der Waals surface area contributed by atoms with Gasteiger partial charge in [0.25, 0.3) is 5.91 Å². The number of carbonyl (C=O) groups is 2. The molecule has 0 bridgehead atoms. The van der Waals surface area contributed by atoms with E-state index in [2.05, 4.69) is 4.98 Å². The fourth-order valence-corrected chi connectivity index (χ4v) is 2.58. The molecule has 1 aliphatic rings. The van der Waals surface area contributed by atoms with E-state index in [1.54, 1.807) is 6.07 Å². The summed E-state index contributed by atoms with van der Waals surface area (Å²) in [5.74, 6) is 0.124. The Morgan fingerprint density at radius 3 is 3.00 bits per heavy atom. The normalized spacial score (nSPS) is 14.4. The summed E-state index contributed by atoms with van der Waals surface area (Å²) in [6, 6.07) is 5.48. The maximum Gasteiger partial charge on any atom is 0.255 e. The van der Waals surface area contributed by atoms with Crippen molar-refractivity contribution in [2.75, 3.05) is 6.61 Å². The van der Waals surface area contributed by atoms with Gasteiger partial charge in [-0.15, -0.1) is 0 Å². The number of aryl methyl sites for hydroxylation is 1. The fraction of sp³-hybridized carbons (Fsp3) is 0.286. The van der Waals surface area contributed by atoms with Crippen LogP contribution in [0.25, 0.3) is 10.9 Å². The average molecular weight is 258 g/mol. The predicted octanol–water partition coefficient (Wildman–Crippen LogP) is 1.55. The summed E-state index contributed by atoms with van der Waals surface area (Å²) in [5, 5.41) is 0.767. The first-order valence-electron chi connectivity index (χ1n) is 6.24. The number of hydrogen-bond acceptors (Lipinski definition) is 3. The lowest BCUT2D eigenvalue weighted by Crippen LogP contribution is -2.20. The van der Waals surface area contributed by atoms with Crippen LogP contribution >= 0.6 is 0 Å². The first kappa shape index (κ1) is 11.8. The minimum atomic E-state index is -0.535. The molecule has 2 aromatic rings. The highest BCUT2D eigenvalue weighted by Gasteiger charge is 2.24. The number of amides is 1. The molecule has 5 nitrogen and oxygen atoms in total. The van der Waals surface area contributed by atoms with Crippen LogP contribution < -0.4 is 10.5 Å². The number of nitrogens with one attached hydrogen (secondary N) is 1. The van der Waals surface area contributed by atoms with Crippen molar-refractivity contribution in [1.82, 2.24) is 4.98 Å². The second-order valence-electron chi connectivity index (χ2n) is 4.69. The van der Waals surface area contributed by atoms with Gasteiger partial charge >= 0.3 is 0 Å². The van der Waals surface area contributed by atoms with Crippen molar-refractivity contribution in [2.24, 2.45) is 5.73 Å². The number of fused-ring (bicyclic) bond motifs is 3. The molecule has 0 spiro atoms. The van der Waals surface area contributed by atoms with Crippen LogP contribution in [0, 0.1) is 0 Å². The summed E-state index contributed by atoms with van der Waals surface area (Å²) >= 11 is 0. The van der Waals surface area contributed by atoms with E-state index in [9.17, 15) is 9.59 Å². The number of H-pyrrole nitrogens is 1. The first-order valence-corrected chi connectivity index (χ1v) is 6.24. The van der Waals surface area contributed by atoms with Crippen molar-refractivity contribution in [3.8, 4) is 5.75 Å². The van der Waals surface area contributed by atoms with Crippen molar-refractivity contribution in [3.05, 3.63) is 29.5 Å². The van der Waals surface area contributed by atoms with Crippen molar-refractivity contribution in [2.45, 2.75) is 19.3 Å². The van der Waals surface area contributed by atoms with Crippen LogP contribution in [0.15, 0.2) is 18.2 Å². The molecule has 1 aromatic carbocycles. The molecule has 0 unspecified atom stereocenters. The van der Waals surface area contributed by atoms with E-state index in [-0.39, 0.29) is 12.4 Å². The van der Waals surface area contributed by atoms with Crippen LogP contribution in [-0.4, -0.2) is 23.3 Å². The molecule has 0 atom stereocenters. The lowest BCUT2D eigenvalue weighted by Gasteiger charge is -2.11. The average Bonchev–Trinajstić information content (AvgIpc) is 2.76. The second kappa shape index (κ2) is 4.42. The Balaban J connectivity index is 2.15. The molecule has 1 heterocycles. The van der Waals surface area contributed by atoms with Gasteiger partial charge < -0.3 is 15.5 Å². The van der Waals surface area contributed by atoms with Gasteiger partial charge in [-0.2, -0.15) is 0 Å². The zero-order chi connectivity index (χ0) is 13.4. The number of ether oxygens (including phenoxy) is 1. The number of nitrogens with two attached hydrogens (primary N) is 1. The molecule has 98 valence electrons. The summed E-state index contributed by atoms with van der Waals surface area (Å²) < 4.78 is 5.41. The minimum absolute atomic E-state index is 0.127. The Bertz CT molecular complexity index is 673. The molecular formula is C14H14N2O3. The second-order valence-corrected chi connectivity index (χ2v) is 4.69. The number of ketones is 1. The Kier molecular flexibility index (Phi) is 2.74. The highest BCUT2D eigenvalue weighted by molar-refractivity contribution is 6.12. The molecule has 19 heavy (non-hydrogen) atoms. The molecule has 0 aliphatic heterocycles. The van der Waals surface area contributed by atoms with Gasteiger partial charge in [-0.05, 0) is 25.0 Å². The number of benzene rings is 1. The number of aromatic nitrogens is 1. The molecule has 0 saturated carbocycles. The van der Waals surface area contributed by atoms with Crippen molar-refractivity contribution >= 4 is 22.6 Å². The minimum Gasteiger partial charge on any atom is -0.483 e. The third-order valence-electron chi connectivity index (χ3n) is 3.34. The van der Waals surface area contributed by atoms with E-state index >= 15 is 0 Å². The van der Waals surface area contributed by atoms with Gasteiger partial charge in [0.1, 0.15) is 5.75 Å². The van der Waals surface area contributed by atoms with Crippen LogP contribution in [0.5, 0.6) is 5.75 Å². The number of rotatable bonds is 3. The van der Waals surface area contributed by atoms with E-state index in [0.29, 0.717) is 17.7 Å². The molecule has 0 fully saturated rings. The maximum absolute atomic E-state index is 12.1. The SMILES string of the molecule is NC(=O)COc1cccc2[nH]c3c(c12)C(=O)CCC3. The van der Waals surface area contributed by atoms with Gasteiger partial charge in [-0.1, -0.05) is 6.07 Å². The lowest BCUT2D eigenvalue weighted by molar-refractivity contribution is -0.119. The van der Waals surface area contributed by atoms with E-state index in [4.69, 9.17) is 10.5 Å². The molecule has 5 heteroatoms. The Morgan fingerprint density at radius 2 is 2.21 bits per heavy atom. The van der Waals surface area contributed by atoms with E-state index in [1.807, 2.05) is 12.1 Å². The molecule has 0 saturated heterocycles. The van der Waals surface area contributed by atoms with Crippen molar-refractivity contribution in [3.63, 3.8) is 0 Å². The van der Waals surface area contributed by atoms with Crippen LogP contribution in [0.3, 0.4) is 0 Å². The third-order valence-corrected chi connectivity index (χ3v) is 3.34. The Labute approximate surface area is 109 Å². The van der Waals surface area contributed by atoms with Crippen LogP contribution in [0.2, 0.25) is 0 Å². The number of Topliss-reactive ketones (excluding diaryl/α,β-unsaturated/α-hetero) is 1. The molecule has 1 aliphatic carbocycles. The standard InChI is InChI=1S/C14H14N2O3/c15-12(18)7-19-11-6-2-4-9-14(11)13-8(16-9)3-1-5-10(13)17/h2,4,6,16H,1,3,5,7H2,(H2,15,18). The zero-order valence-corrected chi connectivity index (χ0v) is 10.4. The summed E-state index contributed by atoms with van der Waals surface area (Å²) in [5.41, 5.74) is 7.62. The summed E-state index contributed by atoms with van der Waals surface area (Å²) in [6.07, 6.45) is 2.30. The molecular weight excluding hydrogens is 244 g/mol.